The van der Waals surface area contributed by atoms with Gasteiger partial charge in [-0.15, -0.1) is 11.3 Å². The number of anilines is 1. The molecule has 20 heavy (non-hydrogen) atoms. The normalized spacial score (nSPS) is 10.8. The Morgan fingerprint density at radius 2 is 2.30 bits per heavy atom. The molecule has 2 heterocycles. The van der Waals surface area contributed by atoms with Crippen LogP contribution in [0.3, 0.4) is 0 Å². The van der Waals surface area contributed by atoms with Crippen LogP contribution in [-0.4, -0.2) is 21.8 Å². The van der Waals surface area contributed by atoms with E-state index in [-0.39, 0.29) is 5.91 Å². The van der Waals surface area contributed by atoms with E-state index in [2.05, 4.69) is 15.5 Å². The molecule has 3 rings (SSSR count). The predicted molar refractivity (Wildman–Crippen MR) is 80.2 cm³/mol. The lowest BCUT2D eigenvalue weighted by atomic mass is 10.3. The Hall–Kier alpha value is -1.86. The molecule has 0 radical (unpaired) electrons. The number of hydrogen-bond donors (Lipinski definition) is 1. The summed E-state index contributed by atoms with van der Waals surface area (Å²) in [5.74, 6) is 0.530. The summed E-state index contributed by atoms with van der Waals surface area (Å²) >= 11 is 3.00. The van der Waals surface area contributed by atoms with Gasteiger partial charge in [0.25, 0.3) is 0 Å². The first kappa shape index (κ1) is 13.1. The van der Waals surface area contributed by atoms with E-state index in [0.29, 0.717) is 11.6 Å². The SMILES string of the molecule is Cc1cc(NC(=O)CSc2nc3ccccc3s2)on1. The fourth-order valence-corrected chi connectivity index (χ4v) is 3.50. The molecule has 1 N–H and O–H groups in total. The number of carbonyl (C=O) groups excluding carboxylic acids is 1. The second-order valence-corrected chi connectivity index (χ2v) is 6.37. The summed E-state index contributed by atoms with van der Waals surface area (Å²) in [5.41, 5.74) is 1.70. The topological polar surface area (TPSA) is 68.0 Å². The van der Waals surface area contributed by atoms with E-state index < -0.39 is 0 Å². The number of aryl methyl sites for hydroxylation is 1. The molecule has 0 saturated carbocycles. The van der Waals surface area contributed by atoms with Crippen molar-refractivity contribution in [2.24, 2.45) is 0 Å². The molecule has 0 unspecified atom stereocenters. The van der Waals surface area contributed by atoms with Gasteiger partial charge in [-0.25, -0.2) is 4.98 Å². The lowest BCUT2D eigenvalue weighted by Gasteiger charge is -1.98. The number of amides is 1. The molecular formula is C13H11N3O2S2. The zero-order valence-electron chi connectivity index (χ0n) is 10.6. The number of carbonyl (C=O) groups is 1. The number of thioether (sulfide) groups is 1. The Balaban J connectivity index is 1.59. The van der Waals surface area contributed by atoms with Crippen LogP contribution in [0, 0.1) is 6.92 Å². The molecular weight excluding hydrogens is 294 g/mol. The maximum Gasteiger partial charge on any atom is 0.237 e. The highest BCUT2D eigenvalue weighted by Crippen LogP contribution is 2.29. The number of hydrogen-bond acceptors (Lipinski definition) is 6. The molecule has 0 aliphatic rings. The average molecular weight is 305 g/mol. The van der Waals surface area contributed by atoms with Crippen molar-refractivity contribution in [3.63, 3.8) is 0 Å². The van der Waals surface area contributed by atoms with Gasteiger partial charge < -0.3 is 4.52 Å². The Morgan fingerprint density at radius 3 is 3.05 bits per heavy atom. The van der Waals surface area contributed by atoms with E-state index in [1.54, 1.807) is 24.3 Å². The Bertz CT molecular complexity index is 718. The standard InChI is InChI=1S/C13H11N3O2S2/c1-8-6-12(18-16-8)15-11(17)7-19-13-14-9-4-2-3-5-10(9)20-13/h2-6H,7H2,1H3,(H,15,17). The molecule has 1 amide bonds. The maximum absolute atomic E-state index is 11.8. The fraction of sp³-hybridized carbons (Fsp3) is 0.154. The average Bonchev–Trinajstić information content (AvgIpc) is 3.02. The van der Waals surface area contributed by atoms with E-state index in [1.165, 1.54) is 11.8 Å². The van der Waals surface area contributed by atoms with Gasteiger partial charge in [-0.05, 0) is 19.1 Å². The molecule has 102 valence electrons. The van der Waals surface area contributed by atoms with E-state index in [4.69, 9.17) is 4.52 Å². The summed E-state index contributed by atoms with van der Waals surface area (Å²) in [5, 5.41) is 6.36. The van der Waals surface area contributed by atoms with Gasteiger partial charge in [0, 0.05) is 6.07 Å². The molecule has 0 aliphatic heterocycles. The molecule has 1 aromatic carbocycles. The number of fused-ring (bicyclic) bond motifs is 1. The molecule has 3 aromatic rings. The third-order valence-corrected chi connectivity index (χ3v) is 4.67. The lowest BCUT2D eigenvalue weighted by molar-refractivity contribution is -0.113. The van der Waals surface area contributed by atoms with Crippen molar-refractivity contribution in [1.82, 2.24) is 10.1 Å². The summed E-state index contributed by atoms with van der Waals surface area (Å²) in [6, 6.07) is 9.60. The van der Waals surface area contributed by atoms with E-state index in [1.807, 2.05) is 24.3 Å². The van der Waals surface area contributed by atoms with Crippen LogP contribution in [0.1, 0.15) is 5.69 Å². The summed E-state index contributed by atoms with van der Waals surface area (Å²) in [7, 11) is 0. The molecule has 2 aromatic heterocycles. The minimum absolute atomic E-state index is 0.134. The van der Waals surface area contributed by atoms with Crippen LogP contribution in [0.25, 0.3) is 10.2 Å². The minimum Gasteiger partial charge on any atom is -0.338 e. The van der Waals surface area contributed by atoms with Crippen molar-refractivity contribution >= 4 is 45.1 Å². The molecule has 5 nitrogen and oxygen atoms in total. The number of nitrogens with zero attached hydrogens (tertiary/aromatic N) is 2. The molecule has 7 heteroatoms. The van der Waals surface area contributed by atoms with Crippen LogP contribution >= 0.6 is 23.1 Å². The van der Waals surface area contributed by atoms with Crippen molar-refractivity contribution in [2.45, 2.75) is 11.3 Å². The van der Waals surface area contributed by atoms with Crippen molar-refractivity contribution < 1.29 is 9.32 Å². The van der Waals surface area contributed by atoms with Gasteiger partial charge in [0.2, 0.25) is 11.8 Å². The Labute approximate surface area is 123 Å². The van der Waals surface area contributed by atoms with E-state index >= 15 is 0 Å². The van der Waals surface area contributed by atoms with E-state index in [9.17, 15) is 4.79 Å². The molecule has 0 bridgehead atoms. The van der Waals surface area contributed by atoms with Crippen LogP contribution in [0.5, 0.6) is 0 Å². The highest BCUT2D eigenvalue weighted by molar-refractivity contribution is 8.01. The van der Waals surface area contributed by atoms with Crippen LogP contribution in [0.2, 0.25) is 0 Å². The molecule has 0 saturated heterocycles. The molecule has 0 atom stereocenters. The minimum atomic E-state index is -0.134. The molecule has 0 aliphatic carbocycles. The van der Waals surface area contributed by atoms with Gasteiger partial charge in [-0.1, -0.05) is 29.1 Å². The second-order valence-electron chi connectivity index (χ2n) is 4.12. The first-order chi connectivity index (χ1) is 9.70. The van der Waals surface area contributed by atoms with Crippen LogP contribution in [0.15, 0.2) is 39.2 Å². The largest absolute Gasteiger partial charge is 0.338 e. The monoisotopic (exact) mass is 305 g/mol. The third kappa shape index (κ3) is 3.00. The first-order valence-electron chi connectivity index (χ1n) is 5.92. The predicted octanol–water partition coefficient (Wildman–Crippen LogP) is 3.32. The number of thiazole rings is 1. The van der Waals surface area contributed by atoms with Crippen LogP contribution in [0.4, 0.5) is 5.88 Å². The number of aromatic nitrogens is 2. The van der Waals surface area contributed by atoms with E-state index in [0.717, 1.165) is 20.3 Å². The van der Waals surface area contributed by atoms with Gasteiger partial charge in [0.15, 0.2) is 4.34 Å². The highest BCUT2D eigenvalue weighted by Gasteiger charge is 2.09. The second kappa shape index (κ2) is 5.64. The van der Waals surface area contributed by atoms with Crippen molar-refractivity contribution in [3.8, 4) is 0 Å². The number of benzene rings is 1. The van der Waals surface area contributed by atoms with Gasteiger partial charge in [-0.3, -0.25) is 10.1 Å². The number of para-hydroxylation sites is 1. The molecule has 0 spiro atoms. The Morgan fingerprint density at radius 1 is 1.45 bits per heavy atom. The van der Waals surface area contributed by atoms with Crippen molar-refractivity contribution in [3.05, 3.63) is 36.0 Å². The zero-order chi connectivity index (χ0) is 13.9. The van der Waals surface area contributed by atoms with Gasteiger partial charge in [-0.2, -0.15) is 0 Å². The van der Waals surface area contributed by atoms with Crippen LogP contribution in [-0.2, 0) is 4.79 Å². The molecule has 0 fully saturated rings. The maximum atomic E-state index is 11.8. The number of rotatable bonds is 4. The van der Waals surface area contributed by atoms with Crippen LogP contribution < -0.4 is 5.32 Å². The number of nitrogens with one attached hydrogen (secondary N) is 1. The summed E-state index contributed by atoms with van der Waals surface area (Å²) in [4.78, 5) is 16.2. The Kier molecular flexibility index (Phi) is 3.70. The smallest absolute Gasteiger partial charge is 0.237 e. The zero-order valence-corrected chi connectivity index (χ0v) is 12.3. The van der Waals surface area contributed by atoms with Gasteiger partial charge in [0.1, 0.15) is 0 Å². The summed E-state index contributed by atoms with van der Waals surface area (Å²) in [6.07, 6.45) is 0. The fourth-order valence-electron chi connectivity index (χ4n) is 1.64. The summed E-state index contributed by atoms with van der Waals surface area (Å²) in [6.45, 7) is 1.80. The van der Waals surface area contributed by atoms with Crippen molar-refractivity contribution in [1.29, 1.82) is 0 Å². The quantitative estimate of drug-likeness (QED) is 0.749. The third-order valence-electron chi connectivity index (χ3n) is 2.49. The van der Waals surface area contributed by atoms with Gasteiger partial charge in [0.05, 0.1) is 21.7 Å². The van der Waals surface area contributed by atoms with Gasteiger partial charge >= 0.3 is 0 Å². The highest BCUT2D eigenvalue weighted by atomic mass is 32.2. The van der Waals surface area contributed by atoms with Crippen molar-refractivity contribution in [2.75, 3.05) is 11.1 Å². The summed E-state index contributed by atoms with van der Waals surface area (Å²) < 4.78 is 6.94. The lowest BCUT2D eigenvalue weighted by Crippen LogP contribution is -2.13. The first-order valence-corrected chi connectivity index (χ1v) is 7.72.